The van der Waals surface area contributed by atoms with Gasteiger partial charge in [0.25, 0.3) is 0 Å². The van der Waals surface area contributed by atoms with Gasteiger partial charge in [0, 0.05) is 6.04 Å². The number of hydrogen-bond donors (Lipinski definition) is 2. The molecule has 1 aliphatic heterocycles. The quantitative estimate of drug-likeness (QED) is 0.719. The third-order valence-electron chi connectivity index (χ3n) is 4.13. The number of piperidine rings is 1. The fourth-order valence-electron chi connectivity index (χ4n) is 3.38. The van der Waals surface area contributed by atoms with Crippen LogP contribution >= 0.6 is 0 Å². The first-order chi connectivity index (χ1) is 6.92. The van der Waals surface area contributed by atoms with Crippen molar-refractivity contribution in [3.8, 4) is 0 Å². The lowest BCUT2D eigenvalue weighted by atomic mass is 9.82. The molecule has 0 amide bonds. The molecule has 2 N–H and O–H groups in total. The highest BCUT2D eigenvalue weighted by Gasteiger charge is 2.30. The molecule has 2 heteroatoms. The van der Waals surface area contributed by atoms with Crippen LogP contribution in [0.2, 0.25) is 0 Å². The normalized spacial score (nSPS) is 28.1. The first kappa shape index (κ1) is 10.4. The van der Waals surface area contributed by atoms with Crippen molar-refractivity contribution in [3.63, 3.8) is 0 Å². The van der Waals surface area contributed by atoms with Crippen molar-refractivity contribution < 1.29 is 0 Å². The number of hydrogen-bond acceptors (Lipinski definition) is 2. The summed E-state index contributed by atoms with van der Waals surface area (Å²) in [7, 11) is 2.16. The molecule has 1 saturated carbocycles. The van der Waals surface area contributed by atoms with Crippen molar-refractivity contribution in [1.29, 1.82) is 0 Å². The van der Waals surface area contributed by atoms with Gasteiger partial charge >= 0.3 is 0 Å². The van der Waals surface area contributed by atoms with Crippen LogP contribution in [0.15, 0.2) is 0 Å². The smallest absolute Gasteiger partial charge is 0.0121 e. The highest BCUT2D eigenvalue weighted by Crippen LogP contribution is 2.33. The zero-order valence-corrected chi connectivity index (χ0v) is 9.39. The monoisotopic (exact) mass is 196 g/mol. The van der Waals surface area contributed by atoms with Gasteiger partial charge in [0.2, 0.25) is 0 Å². The Morgan fingerprint density at radius 1 is 1.00 bits per heavy atom. The summed E-state index contributed by atoms with van der Waals surface area (Å²) in [6, 6.07) is 0.805. The number of nitrogens with one attached hydrogen (secondary N) is 2. The van der Waals surface area contributed by atoms with Crippen LogP contribution in [0.5, 0.6) is 0 Å². The van der Waals surface area contributed by atoms with Gasteiger partial charge < -0.3 is 10.6 Å². The second-order valence-electron chi connectivity index (χ2n) is 4.95. The molecule has 2 fully saturated rings. The van der Waals surface area contributed by atoms with Gasteiger partial charge in [0.1, 0.15) is 0 Å². The summed E-state index contributed by atoms with van der Waals surface area (Å²) < 4.78 is 0. The molecule has 0 spiro atoms. The van der Waals surface area contributed by atoms with Crippen molar-refractivity contribution >= 4 is 0 Å². The molecule has 1 atom stereocenters. The molecule has 14 heavy (non-hydrogen) atoms. The lowest BCUT2D eigenvalue weighted by Crippen LogP contribution is -2.44. The van der Waals surface area contributed by atoms with Crippen LogP contribution in [0, 0.1) is 11.8 Å². The van der Waals surface area contributed by atoms with Crippen molar-refractivity contribution in [2.45, 2.75) is 44.6 Å². The van der Waals surface area contributed by atoms with E-state index in [2.05, 4.69) is 17.7 Å². The van der Waals surface area contributed by atoms with Gasteiger partial charge in [-0.1, -0.05) is 12.8 Å². The third-order valence-corrected chi connectivity index (χ3v) is 4.13. The Hall–Kier alpha value is -0.0800. The molecule has 1 aliphatic carbocycles. The number of rotatable bonds is 3. The fourth-order valence-corrected chi connectivity index (χ4v) is 3.38. The lowest BCUT2D eigenvalue weighted by molar-refractivity contribution is 0.224. The molecule has 0 bridgehead atoms. The van der Waals surface area contributed by atoms with Crippen LogP contribution in [0.3, 0.4) is 0 Å². The maximum Gasteiger partial charge on any atom is 0.0121 e. The van der Waals surface area contributed by atoms with Crippen LogP contribution in [-0.2, 0) is 0 Å². The molecule has 0 radical (unpaired) electrons. The Kier molecular flexibility index (Phi) is 3.82. The highest BCUT2D eigenvalue weighted by molar-refractivity contribution is 4.87. The van der Waals surface area contributed by atoms with E-state index in [1.807, 2.05) is 0 Å². The van der Waals surface area contributed by atoms with Crippen LogP contribution in [0.1, 0.15) is 38.5 Å². The summed E-state index contributed by atoms with van der Waals surface area (Å²) in [6.07, 6.45) is 8.62. The van der Waals surface area contributed by atoms with E-state index in [4.69, 9.17) is 0 Å². The van der Waals surface area contributed by atoms with Crippen molar-refractivity contribution in [2.24, 2.45) is 11.8 Å². The second kappa shape index (κ2) is 5.13. The van der Waals surface area contributed by atoms with Crippen LogP contribution in [-0.4, -0.2) is 26.2 Å². The van der Waals surface area contributed by atoms with E-state index >= 15 is 0 Å². The zero-order chi connectivity index (χ0) is 9.80. The largest absolute Gasteiger partial charge is 0.317 e. The van der Waals surface area contributed by atoms with E-state index < -0.39 is 0 Å². The van der Waals surface area contributed by atoms with E-state index in [1.165, 1.54) is 51.6 Å². The first-order valence-electron chi connectivity index (χ1n) is 6.30. The average molecular weight is 196 g/mol. The molecule has 1 saturated heterocycles. The minimum absolute atomic E-state index is 0.805. The summed E-state index contributed by atoms with van der Waals surface area (Å²) in [5.74, 6) is 1.91. The van der Waals surface area contributed by atoms with Crippen molar-refractivity contribution in [3.05, 3.63) is 0 Å². The third kappa shape index (κ3) is 2.29. The Bertz CT molecular complexity index is 158. The Morgan fingerprint density at radius 2 is 1.57 bits per heavy atom. The molecule has 0 aromatic carbocycles. The fraction of sp³-hybridized carbons (Fsp3) is 1.00. The maximum absolute atomic E-state index is 3.59. The van der Waals surface area contributed by atoms with E-state index in [0.717, 1.165) is 17.9 Å². The molecule has 0 aromatic heterocycles. The molecule has 1 heterocycles. The first-order valence-corrected chi connectivity index (χ1v) is 6.30. The van der Waals surface area contributed by atoms with Gasteiger partial charge in [-0.15, -0.1) is 0 Å². The SMILES string of the molecule is CNC(C1CCCC1)C1CCNCC1. The molecule has 1 unspecified atom stereocenters. The lowest BCUT2D eigenvalue weighted by Gasteiger charge is -2.34. The average Bonchev–Trinajstić information content (AvgIpc) is 2.74. The van der Waals surface area contributed by atoms with Crippen LogP contribution in [0.4, 0.5) is 0 Å². The van der Waals surface area contributed by atoms with Crippen molar-refractivity contribution in [1.82, 2.24) is 10.6 Å². The second-order valence-corrected chi connectivity index (χ2v) is 4.95. The maximum atomic E-state index is 3.59. The molecule has 2 nitrogen and oxygen atoms in total. The minimum Gasteiger partial charge on any atom is -0.317 e. The zero-order valence-electron chi connectivity index (χ0n) is 9.39. The predicted octanol–water partition coefficient (Wildman–Crippen LogP) is 1.76. The summed E-state index contributed by atoms with van der Waals surface area (Å²) in [5, 5.41) is 7.04. The topological polar surface area (TPSA) is 24.1 Å². The van der Waals surface area contributed by atoms with E-state index in [9.17, 15) is 0 Å². The van der Waals surface area contributed by atoms with E-state index in [1.54, 1.807) is 0 Å². The minimum atomic E-state index is 0.805. The Balaban J connectivity index is 1.89. The Labute approximate surface area is 87.8 Å². The van der Waals surface area contributed by atoms with Gasteiger partial charge in [0.05, 0.1) is 0 Å². The highest BCUT2D eigenvalue weighted by atomic mass is 14.9. The molecule has 2 rings (SSSR count). The molecule has 2 aliphatic rings. The van der Waals surface area contributed by atoms with Gasteiger partial charge in [-0.05, 0) is 57.7 Å². The van der Waals surface area contributed by atoms with E-state index in [0.29, 0.717) is 0 Å². The van der Waals surface area contributed by atoms with Gasteiger partial charge in [-0.2, -0.15) is 0 Å². The van der Waals surface area contributed by atoms with Crippen LogP contribution < -0.4 is 10.6 Å². The Morgan fingerprint density at radius 3 is 2.14 bits per heavy atom. The molecule has 0 aromatic rings. The summed E-state index contributed by atoms with van der Waals surface area (Å²) in [4.78, 5) is 0. The molecular weight excluding hydrogens is 172 g/mol. The molecular formula is C12H24N2. The van der Waals surface area contributed by atoms with Gasteiger partial charge in [-0.3, -0.25) is 0 Å². The van der Waals surface area contributed by atoms with Crippen molar-refractivity contribution in [2.75, 3.05) is 20.1 Å². The van der Waals surface area contributed by atoms with Crippen LogP contribution in [0.25, 0.3) is 0 Å². The summed E-state index contributed by atoms with van der Waals surface area (Å²) in [5.41, 5.74) is 0. The predicted molar refractivity (Wildman–Crippen MR) is 60.4 cm³/mol. The van der Waals surface area contributed by atoms with Gasteiger partial charge in [0.15, 0.2) is 0 Å². The summed E-state index contributed by atoms with van der Waals surface area (Å²) >= 11 is 0. The standard InChI is InChI=1S/C12H24N2/c1-13-12(10-4-2-3-5-10)11-6-8-14-9-7-11/h10-14H,2-9H2,1H3. The van der Waals surface area contributed by atoms with Gasteiger partial charge in [-0.25, -0.2) is 0 Å². The van der Waals surface area contributed by atoms with E-state index in [-0.39, 0.29) is 0 Å². The summed E-state index contributed by atoms with van der Waals surface area (Å²) in [6.45, 7) is 2.46. The molecule has 82 valence electrons.